The summed E-state index contributed by atoms with van der Waals surface area (Å²) in [4.78, 5) is 19.5. The molecule has 226 valence electrons. The average Bonchev–Trinajstić information content (AvgIpc) is 2.93. The highest BCUT2D eigenvalue weighted by atomic mass is 32.2. The number of carbonyl (C=O) groups excluding carboxylic acids is 1. The third kappa shape index (κ3) is 7.78. The van der Waals surface area contributed by atoms with Gasteiger partial charge in [-0.2, -0.15) is 13.2 Å². The van der Waals surface area contributed by atoms with Crippen molar-refractivity contribution in [2.45, 2.75) is 51.2 Å². The Morgan fingerprint density at radius 1 is 1.05 bits per heavy atom. The molecule has 1 amide bonds. The summed E-state index contributed by atoms with van der Waals surface area (Å²) in [5, 5.41) is 2.85. The number of rotatable bonds is 9. The molecule has 3 aromatic rings. The van der Waals surface area contributed by atoms with Crippen LogP contribution in [0.3, 0.4) is 0 Å². The van der Waals surface area contributed by atoms with E-state index in [0.717, 1.165) is 36.8 Å². The molecule has 42 heavy (non-hydrogen) atoms. The van der Waals surface area contributed by atoms with Gasteiger partial charge in [-0.15, -0.1) is 0 Å². The van der Waals surface area contributed by atoms with Gasteiger partial charge in [0, 0.05) is 25.2 Å². The molecular weight excluding hydrogens is 572 g/mol. The molecule has 0 aliphatic carbocycles. The summed E-state index contributed by atoms with van der Waals surface area (Å²) in [6.45, 7) is 4.94. The van der Waals surface area contributed by atoms with E-state index >= 15 is 0 Å². The van der Waals surface area contributed by atoms with E-state index in [9.17, 15) is 30.8 Å². The Morgan fingerprint density at radius 3 is 2.31 bits per heavy atom. The molecule has 2 N–H and O–H groups in total. The number of piperidine rings is 1. The highest BCUT2D eigenvalue weighted by molar-refractivity contribution is 7.92. The predicted octanol–water partition coefficient (Wildman–Crippen LogP) is 6.05. The summed E-state index contributed by atoms with van der Waals surface area (Å²) in [5.41, 5.74) is 0.326. The van der Waals surface area contributed by atoms with Crippen LogP contribution in [-0.4, -0.2) is 38.7 Å². The number of benzene rings is 2. The Morgan fingerprint density at radius 2 is 1.71 bits per heavy atom. The highest BCUT2D eigenvalue weighted by Crippen LogP contribution is 2.36. The minimum absolute atomic E-state index is 0.0838. The molecule has 4 rings (SSSR count). The molecule has 2 aromatic carbocycles. The summed E-state index contributed by atoms with van der Waals surface area (Å²) in [5.74, 6) is -1.98. The van der Waals surface area contributed by atoms with E-state index in [-0.39, 0.29) is 18.1 Å². The largest absolute Gasteiger partial charge is 0.433 e. The number of hydrogen-bond acceptors (Lipinski definition) is 5. The van der Waals surface area contributed by atoms with E-state index in [1.807, 2.05) is 42.2 Å². The van der Waals surface area contributed by atoms with Crippen molar-refractivity contribution in [1.82, 2.24) is 10.3 Å². The second-order valence-corrected chi connectivity index (χ2v) is 12.6. The predicted molar refractivity (Wildman–Crippen MR) is 154 cm³/mol. The van der Waals surface area contributed by atoms with Crippen LogP contribution in [0.1, 0.15) is 60.9 Å². The van der Waals surface area contributed by atoms with Gasteiger partial charge in [-0.25, -0.2) is 17.8 Å². The molecule has 2 unspecified atom stereocenters. The fourth-order valence-electron chi connectivity index (χ4n) is 5.18. The number of carbonyl (C=O) groups is 1. The number of halogens is 4. The Balaban J connectivity index is 1.65. The smallest absolute Gasteiger partial charge is 0.356 e. The van der Waals surface area contributed by atoms with E-state index < -0.39 is 45.5 Å². The topological polar surface area (TPSA) is 91.4 Å². The highest BCUT2D eigenvalue weighted by Gasteiger charge is 2.34. The first-order chi connectivity index (χ1) is 19.7. The zero-order valence-corrected chi connectivity index (χ0v) is 24.4. The molecule has 1 aromatic heterocycles. The van der Waals surface area contributed by atoms with Crippen LogP contribution in [0.15, 0.2) is 60.7 Å². The third-order valence-electron chi connectivity index (χ3n) is 7.54. The van der Waals surface area contributed by atoms with Gasteiger partial charge in [0.05, 0.1) is 17.9 Å². The van der Waals surface area contributed by atoms with Gasteiger partial charge in [-0.05, 0) is 54.0 Å². The second kappa shape index (κ2) is 12.7. The Bertz CT molecular complexity index is 1510. The lowest BCUT2D eigenvalue weighted by Crippen LogP contribution is -2.36. The molecule has 2 atom stereocenters. The SMILES string of the molecule is CC1CCN(c2nc(C(F)(F)F)ccc2CNC(=O)C(c2ccc(NS(C)(=O)=O)c(F)c2)C(C)c2ccccc2)CC1. The van der Waals surface area contributed by atoms with E-state index in [1.54, 1.807) is 0 Å². The van der Waals surface area contributed by atoms with Gasteiger partial charge in [0.1, 0.15) is 17.3 Å². The van der Waals surface area contributed by atoms with Crippen LogP contribution in [0.4, 0.5) is 29.1 Å². The number of nitrogens with one attached hydrogen (secondary N) is 2. The van der Waals surface area contributed by atoms with Crippen molar-refractivity contribution in [3.05, 3.63) is 88.9 Å². The number of hydrogen-bond donors (Lipinski definition) is 2. The summed E-state index contributed by atoms with van der Waals surface area (Å²) < 4.78 is 80.9. The molecule has 0 radical (unpaired) electrons. The molecule has 1 fully saturated rings. The van der Waals surface area contributed by atoms with Gasteiger partial charge >= 0.3 is 6.18 Å². The molecule has 1 aliphatic rings. The fraction of sp³-hybridized carbons (Fsp3) is 0.400. The molecule has 7 nitrogen and oxygen atoms in total. The number of pyridine rings is 1. The number of nitrogens with zero attached hydrogens (tertiary/aromatic N) is 2. The molecule has 12 heteroatoms. The van der Waals surface area contributed by atoms with E-state index in [0.29, 0.717) is 30.1 Å². The Kier molecular flexibility index (Phi) is 9.44. The molecule has 1 saturated heterocycles. The van der Waals surface area contributed by atoms with Crippen molar-refractivity contribution < 1.29 is 30.8 Å². The number of amides is 1. The van der Waals surface area contributed by atoms with Crippen LogP contribution in [0.5, 0.6) is 0 Å². The molecule has 0 saturated carbocycles. The lowest BCUT2D eigenvalue weighted by Gasteiger charge is -2.33. The summed E-state index contributed by atoms with van der Waals surface area (Å²) in [6, 6.07) is 15.3. The molecule has 0 bridgehead atoms. The van der Waals surface area contributed by atoms with Crippen LogP contribution >= 0.6 is 0 Å². The first-order valence-corrected chi connectivity index (χ1v) is 15.5. The maximum absolute atomic E-state index is 15.0. The normalized spacial score (nSPS) is 16.1. The zero-order chi connectivity index (χ0) is 30.7. The van der Waals surface area contributed by atoms with Gasteiger partial charge in [0.15, 0.2) is 0 Å². The van der Waals surface area contributed by atoms with Gasteiger partial charge in [-0.3, -0.25) is 9.52 Å². The van der Waals surface area contributed by atoms with Crippen LogP contribution in [0.25, 0.3) is 0 Å². The minimum Gasteiger partial charge on any atom is -0.356 e. The van der Waals surface area contributed by atoms with E-state index in [1.165, 1.54) is 18.2 Å². The fourth-order valence-corrected chi connectivity index (χ4v) is 5.75. The number of sulfonamides is 1. The van der Waals surface area contributed by atoms with Crippen molar-refractivity contribution in [3.8, 4) is 0 Å². The first kappa shape index (κ1) is 31.3. The minimum atomic E-state index is -4.61. The van der Waals surface area contributed by atoms with Crippen molar-refractivity contribution in [3.63, 3.8) is 0 Å². The Labute approximate surface area is 243 Å². The first-order valence-electron chi connectivity index (χ1n) is 13.6. The Hall–Kier alpha value is -3.67. The third-order valence-corrected chi connectivity index (χ3v) is 8.13. The van der Waals surface area contributed by atoms with Gasteiger partial charge < -0.3 is 10.2 Å². The quantitative estimate of drug-likeness (QED) is 0.290. The lowest BCUT2D eigenvalue weighted by atomic mass is 9.82. The lowest BCUT2D eigenvalue weighted by molar-refractivity contribution is -0.141. The molecule has 2 heterocycles. The van der Waals surface area contributed by atoms with Gasteiger partial charge in [0.25, 0.3) is 0 Å². The summed E-state index contributed by atoms with van der Waals surface area (Å²) >= 11 is 0. The maximum Gasteiger partial charge on any atom is 0.433 e. The zero-order valence-electron chi connectivity index (χ0n) is 23.6. The van der Waals surface area contributed by atoms with Crippen LogP contribution in [0, 0.1) is 11.7 Å². The van der Waals surface area contributed by atoms with Crippen LogP contribution < -0.4 is 14.9 Å². The van der Waals surface area contributed by atoms with Gasteiger partial charge in [0.2, 0.25) is 15.9 Å². The van der Waals surface area contributed by atoms with Crippen molar-refractivity contribution in [2.24, 2.45) is 5.92 Å². The average molecular weight is 607 g/mol. The maximum atomic E-state index is 15.0. The van der Waals surface area contributed by atoms with Crippen molar-refractivity contribution in [2.75, 3.05) is 29.0 Å². The van der Waals surface area contributed by atoms with Crippen LogP contribution in [-0.2, 0) is 27.5 Å². The molecule has 1 aliphatic heterocycles. The monoisotopic (exact) mass is 606 g/mol. The van der Waals surface area contributed by atoms with Crippen molar-refractivity contribution in [1.29, 1.82) is 0 Å². The van der Waals surface area contributed by atoms with Crippen LogP contribution in [0.2, 0.25) is 0 Å². The number of aromatic nitrogens is 1. The summed E-state index contributed by atoms with van der Waals surface area (Å²) in [7, 11) is -3.73. The van der Waals surface area contributed by atoms with E-state index in [2.05, 4.69) is 21.9 Å². The number of anilines is 2. The molecule has 0 spiro atoms. The standard InChI is InChI=1S/C30H34F4N4O3S/c1-19-13-15-38(16-14-19)28-23(10-12-26(36-28)30(32,33)34)18-35-29(39)27(20(2)21-7-5-4-6-8-21)22-9-11-25(24(31)17-22)37-42(3,40)41/h4-12,17,19-20,27,37H,13-16,18H2,1-3H3,(H,35,39). The molecular formula is C30H34F4N4O3S. The van der Waals surface area contributed by atoms with Crippen molar-refractivity contribution >= 4 is 27.4 Å². The summed E-state index contributed by atoms with van der Waals surface area (Å²) in [6.07, 6.45) is -2.08. The second-order valence-electron chi connectivity index (χ2n) is 10.9. The van der Waals surface area contributed by atoms with Gasteiger partial charge in [-0.1, -0.05) is 56.3 Å². The van der Waals surface area contributed by atoms with E-state index in [4.69, 9.17) is 0 Å². The number of alkyl halides is 3.